The second kappa shape index (κ2) is 9.30. The van der Waals surface area contributed by atoms with Gasteiger partial charge in [0.05, 0.1) is 12.9 Å². The number of para-hydroxylation sites is 1. The molecule has 6 heteroatoms. The van der Waals surface area contributed by atoms with Gasteiger partial charge < -0.3 is 14.8 Å². The second-order valence-electron chi connectivity index (χ2n) is 5.01. The van der Waals surface area contributed by atoms with E-state index in [9.17, 15) is 9.18 Å². The molecular formula is C18H20FNO3S. The highest BCUT2D eigenvalue weighted by atomic mass is 32.2. The van der Waals surface area contributed by atoms with E-state index in [0.29, 0.717) is 6.54 Å². The molecule has 0 fully saturated rings. The maximum absolute atomic E-state index is 12.8. The maximum Gasteiger partial charge on any atom is 0.230 e. The lowest BCUT2D eigenvalue weighted by molar-refractivity contribution is -0.119. The number of carbonyl (C=O) groups is 1. The fraction of sp³-hybridized carbons (Fsp3) is 0.278. The van der Waals surface area contributed by atoms with E-state index in [1.807, 2.05) is 24.3 Å². The van der Waals surface area contributed by atoms with Crippen LogP contribution in [0.5, 0.6) is 5.75 Å². The van der Waals surface area contributed by atoms with Crippen molar-refractivity contribution in [2.75, 3.05) is 26.5 Å². The lowest BCUT2D eigenvalue weighted by Gasteiger charge is -2.19. The van der Waals surface area contributed by atoms with Crippen molar-refractivity contribution < 1.29 is 18.7 Å². The number of hydrogen-bond donors (Lipinski definition) is 1. The van der Waals surface area contributed by atoms with Crippen LogP contribution >= 0.6 is 11.8 Å². The van der Waals surface area contributed by atoms with Gasteiger partial charge in [0.25, 0.3) is 0 Å². The quantitative estimate of drug-likeness (QED) is 0.742. The standard InChI is InChI=1S/C18H20FNO3S/c1-22-16-6-4-3-5-15(16)17(23-2)11-20-18(21)12-24-14-9-7-13(19)8-10-14/h3-10,17H,11-12H2,1-2H3,(H,20,21)/t17-/m1/s1. The number of amides is 1. The molecule has 0 aliphatic carbocycles. The normalized spacial score (nSPS) is 11.8. The van der Waals surface area contributed by atoms with Gasteiger partial charge in [-0.15, -0.1) is 11.8 Å². The van der Waals surface area contributed by atoms with Crippen molar-refractivity contribution in [3.8, 4) is 5.75 Å². The third-order valence-electron chi connectivity index (χ3n) is 3.44. The summed E-state index contributed by atoms with van der Waals surface area (Å²) in [6, 6.07) is 13.6. The first-order valence-corrected chi connectivity index (χ1v) is 8.43. The minimum atomic E-state index is -0.291. The average molecular weight is 349 g/mol. The van der Waals surface area contributed by atoms with E-state index in [2.05, 4.69) is 5.32 Å². The molecule has 0 aliphatic rings. The number of nitrogens with one attached hydrogen (secondary N) is 1. The minimum absolute atomic E-state index is 0.110. The Labute approximate surface area is 145 Å². The molecule has 1 N–H and O–H groups in total. The zero-order valence-corrected chi connectivity index (χ0v) is 14.4. The van der Waals surface area contributed by atoms with Crippen LogP contribution in [0.2, 0.25) is 0 Å². The summed E-state index contributed by atoms with van der Waals surface area (Å²) < 4.78 is 23.6. The molecule has 0 spiro atoms. The highest BCUT2D eigenvalue weighted by Crippen LogP contribution is 2.26. The van der Waals surface area contributed by atoms with Crippen LogP contribution < -0.4 is 10.1 Å². The summed E-state index contributed by atoms with van der Waals surface area (Å²) in [6.07, 6.45) is -0.291. The van der Waals surface area contributed by atoms with Gasteiger partial charge in [0.2, 0.25) is 5.91 Å². The van der Waals surface area contributed by atoms with Crippen LogP contribution in [0.15, 0.2) is 53.4 Å². The molecule has 1 atom stereocenters. The summed E-state index contributed by atoms with van der Waals surface area (Å²) in [7, 11) is 3.19. The van der Waals surface area contributed by atoms with Gasteiger partial charge in [0.15, 0.2) is 0 Å². The first kappa shape index (κ1) is 18.3. The van der Waals surface area contributed by atoms with Crippen LogP contribution in [0.4, 0.5) is 4.39 Å². The Morgan fingerprint density at radius 2 is 1.88 bits per heavy atom. The van der Waals surface area contributed by atoms with Crippen LogP contribution in [0.1, 0.15) is 11.7 Å². The van der Waals surface area contributed by atoms with Crippen molar-refractivity contribution in [1.29, 1.82) is 0 Å². The molecule has 24 heavy (non-hydrogen) atoms. The Morgan fingerprint density at radius 1 is 1.17 bits per heavy atom. The largest absolute Gasteiger partial charge is 0.496 e. The lowest BCUT2D eigenvalue weighted by Crippen LogP contribution is -2.30. The third kappa shape index (κ3) is 5.25. The number of methoxy groups -OCH3 is 2. The van der Waals surface area contributed by atoms with Crippen LogP contribution in [-0.4, -0.2) is 32.4 Å². The minimum Gasteiger partial charge on any atom is -0.496 e. The van der Waals surface area contributed by atoms with E-state index in [4.69, 9.17) is 9.47 Å². The van der Waals surface area contributed by atoms with Crippen LogP contribution in [0.3, 0.4) is 0 Å². The summed E-state index contributed by atoms with van der Waals surface area (Å²) >= 11 is 1.36. The number of ether oxygens (including phenoxy) is 2. The number of rotatable bonds is 8. The van der Waals surface area contributed by atoms with Gasteiger partial charge in [-0.25, -0.2) is 4.39 Å². The van der Waals surface area contributed by atoms with Gasteiger partial charge in [0, 0.05) is 24.1 Å². The molecule has 0 aromatic heterocycles. The van der Waals surface area contributed by atoms with Crippen LogP contribution in [0, 0.1) is 5.82 Å². The molecule has 0 aliphatic heterocycles. The molecule has 0 saturated heterocycles. The van der Waals surface area contributed by atoms with Gasteiger partial charge in [-0.1, -0.05) is 18.2 Å². The van der Waals surface area contributed by atoms with Crippen LogP contribution in [-0.2, 0) is 9.53 Å². The molecule has 0 unspecified atom stereocenters. The van der Waals surface area contributed by atoms with Gasteiger partial charge in [0.1, 0.15) is 17.7 Å². The van der Waals surface area contributed by atoms with E-state index in [1.54, 1.807) is 26.4 Å². The molecule has 0 saturated carbocycles. The molecular weight excluding hydrogens is 329 g/mol. The first-order valence-electron chi connectivity index (χ1n) is 7.44. The third-order valence-corrected chi connectivity index (χ3v) is 4.45. The van der Waals surface area contributed by atoms with E-state index >= 15 is 0 Å². The predicted molar refractivity (Wildman–Crippen MR) is 92.9 cm³/mol. The second-order valence-corrected chi connectivity index (χ2v) is 6.06. The molecule has 128 valence electrons. The monoisotopic (exact) mass is 349 g/mol. The van der Waals surface area contributed by atoms with Crippen molar-refractivity contribution >= 4 is 17.7 Å². The number of thioether (sulfide) groups is 1. The van der Waals surface area contributed by atoms with Crippen molar-refractivity contribution in [3.63, 3.8) is 0 Å². The van der Waals surface area contributed by atoms with Gasteiger partial charge in [-0.2, -0.15) is 0 Å². The Hall–Kier alpha value is -2.05. The average Bonchev–Trinajstić information content (AvgIpc) is 2.62. The smallest absolute Gasteiger partial charge is 0.230 e. The molecule has 0 heterocycles. The first-order chi connectivity index (χ1) is 11.6. The number of halogens is 1. The topological polar surface area (TPSA) is 47.6 Å². The lowest BCUT2D eigenvalue weighted by atomic mass is 10.1. The summed E-state index contributed by atoms with van der Waals surface area (Å²) in [5.74, 6) is 0.581. The van der Waals surface area contributed by atoms with E-state index in [1.165, 1.54) is 23.9 Å². The van der Waals surface area contributed by atoms with Crippen LogP contribution in [0.25, 0.3) is 0 Å². The molecule has 4 nitrogen and oxygen atoms in total. The fourth-order valence-electron chi connectivity index (χ4n) is 2.19. The van der Waals surface area contributed by atoms with Gasteiger partial charge in [-0.3, -0.25) is 4.79 Å². The SMILES string of the molecule is COc1ccccc1[C@@H](CNC(=O)CSc1ccc(F)cc1)OC. The maximum atomic E-state index is 12.8. The van der Waals surface area contributed by atoms with Gasteiger partial charge in [-0.05, 0) is 30.3 Å². The predicted octanol–water partition coefficient (Wildman–Crippen LogP) is 3.43. The van der Waals surface area contributed by atoms with Crippen molar-refractivity contribution in [2.24, 2.45) is 0 Å². The van der Waals surface area contributed by atoms with Crippen molar-refractivity contribution in [2.45, 2.75) is 11.0 Å². The number of benzene rings is 2. The highest BCUT2D eigenvalue weighted by Gasteiger charge is 2.16. The highest BCUT2D eigenvalue weighted by molar-refractivity contribution is 8.00. The zero-order valence-electron chi connectivity index (χ0n) is 13.6. The summed E-state index contributed by atoms with van der Waals surface area (Å²) in [5.41, 5.74) is 0.883. The molecule has 0 bridgehead atoms. The summed E-state index contributed by atoms with van der Waals surface area (Å²) in [6.45, 7) is 0.347. The number of carbonyl (C=O) groups excluding carboxylic acids is 1. The Balaban J connectivity index is 1.86. The zero-order chi connectivity index (χ0) is 17.4. The molecule has 1 amide bonds. The summed E-state index contributed by atoms with van der Waals surface area (Å²) in [4.78, 5) is 12.8. The van der Waals surface area contributed by atoms with Crippen molar-refractivity contribution in [1.82, 2.24) is 5.32 Å². The van der Waals surface area contributed by atoms with Crippen molar-refractivity contribution in [3.05, 3.63) is 59.9 Å². The number of hydrogen-bond acceptors (Lipinski definition) is 4. The molecule has 2 rings (SSSR count). The Morgan fingerprint density at radius 3 is 2.54 bits per heavy atom. The Kier molecular flexibility index (Phi) is 7.08. The fourth-order valence-corrected chi connectivity index (χ4v) is 2.92. The van der Waals surface area contributed by atoms with Gasteiger partial charge >= 0.3 is 0 Å². The molecule has 2 aromatic rings. The Bertz CT molecular complexity index is 664. The van der Waals surface area contributed by atoms with E-state index in [-0.39, 0.29) is 23.6 Å². The van der Waals surface area contributed by atoms with E-state index in [0.717, 1.165) is 16.2 Å². The molecule has 2 aromatic carbocycles. The molecule has 0 radical (unpaired) electrons. The summed E-state index contributed by atoms with van der Waals surface area (Å²) in [5, 5.41) is 2.85. The van der Waals surface area contributed by atoms with E-state index < -0.39 is 0 Å².